The SMILES string of the molecule is NC(=S)c1cc(F)cc(COc2cc(F)ccc2F)c1. The number of halogens is 3. The van der Waals surface area contributed by atoms with Gasteiger partial charge in [-0.2, -0.15) is 0 Å². The van der Waals surface area contributed by atoms with E-state index in [1.807, 2.05) is 0 Å². The highest BCUT2D eigenvalue weighted by Crippen LogP contribution is 2.20. The molecule has 0 saturated carbocycles. The van der Waals surface area contributed by atoms with Gasteiger partial charge in [0.15, 0.2) is 11.6 Å². The maximum atomic E-state index is 13.4. The molecule has 0 heterocycles. The molecule has 0 aliphatic carbocycles. The van der Waals surface area contributed by atoms with E-state index in [4.69, 9.17) is 22.7 Å². The Morgan fingerprint density at radius 1 is 1.05 bits per heavy atom. The van der Waals surface area contributed by atoms with Crippen molar-refractivity contribution >= 4 is 17.2 Å². The Kier molecular flexibility index (Phi) is 4.24. The van der Waals surface area contributed by atoms with E-state index in [9.17, 15) is 13.2 Å². The van der Waals surface area contributed by atoms with Crippen molar-refractivity contribution in [3.8, 4) is 5.75 Å². The lowest BCUT2D eigenvalue weighted by Gasteiger charge is -2.09. The van der Waals surface area contributed by atoms with E-state index in [1.54, 1.807) is 0 Å². The fourth-order valence-corrected chi connectivity index (χ4v) is 1.74. The van der Waals surface area contributed by atoms with Crippen LogP contribution in [0.1, 0.15) is 11.1 Å². The van der Waals surface area contributed by atoms with Crippen molar-refractivity contribution in [2.75, 3.05) is 0 Å². The zero-order chi connectivity index (χ0) is 14.7. The molecule has 0 fully saturated rings. The highest BCUT2D eigenvalue weighted by molar-refractivity contribution is 7.80. The Hall–Kier alpha value is -2.08. The van der Waals surface area contributed by atoms with Crippen LogP contribution < -0.4 is 10.5 Å². The zero-order valence-corrected chi connectivity index (χ0v) is 11.0. The Balaban J connectivity index is 2.18. The fourth-order valence-electron chi connectivity index (χ4n) is 1.62. The summed E-state index contributed by atoms with van der Waals surface area (Å²) >= 11 is 4.76. The fraction of sp³-hybridized carbons (Fsp3) is 0.0714. The molecule has 2 rings (SSSR count). The molecule has 20 heavy (non-hydrogen) atoms. The van der Waals surface area contributed by atoms with Crippen LogP contribution in [0.25, 0.3) is 0 Å². The van der Waals surface area contributed by atoms with Gasteiger partial charge >= 0.3 is 0 Å². The number of thiocarbonyl (C=S) groups is 1. The van der Waals surface area contributed by atoms with Crippen molar-refractivity contribution in [1.82, 2.24) is 0 Å². The van der Waals surface area contributed by atoms with Crippen molar-refractivity contribution < 1.29 is 17.9 Å². The molecule has 0 aromatic heterocycles. The van der Waals surface area contributed by atoms with E-state index >= 15 is 0 Å². The molecule has 0 aliphatic heterocycles. The van der Waals surface area contributed by atoms with Crippen LogP contribution in [0.3, 0.4) is 0 Å². The van der Waals surface area contributed by atoms with Crippen molar-refractivity contribution in [3.05, 3.63) is 65.0 Å². The predicted octanol–water partition coefficient (Wildman–Crippen LogP) is 3.32. The first-order valence-electron chi connectivity index (χ1n) is 5.63. The maximum Gasteiger partial charge on any atom is 0.165 e. The van der Waals surface area contributed by atoms with Gasteiger partial charge in [0, 0.05) is 11.6 Å². The minimum atomic E-state index is -0.697. The van der Waals surface area contributed by atoms with E-state index in [-0.39, 0.29) is 17.3 Å². The van der Waals surface area contributed by atoms with Gasteiger partial charge in [-0.25, -0.2) is 13.2 Å². The molecular formula is C14H10F3NOS. The molecular weight excluding hydrogens is 287 g/mol. The first-order valence-corrected chi connectivity index (χ1v) is 6.03. The largest absolute Gasteiger partial charge is 0.486 e. The molecule has 6 heteroatoms. The lowest BCUT2D eigenvalue weighted by molar-refractivity contribution is 0.288. The molecule has 0 aliphatic rings. The van der Waals surface area contributed by atoms with Crippen molar-refractivity contribution in [3.63, 3.8) is 0 Å². The molecule has 2 aromatic carbocycles. The zero-order valence-electron chi connectivity index (χ0n) is 10.2. The maximum absolute atomic E-state index is 13.4. The molecule has 2 N–H and O–H groups in total. The molecule has 0 atom stereocenters. The normalized spacial score (nSPS) is 10.3. The van der Waals surface area contributed by atoms with Crippen molar-refractivity contribution in [2.24, 2.45) is 5.73 Å². The molecule has 0 spiro atoms. The number of benzene rings is 2. The van der Waals surface area contributed by atoms with E-state index in [0.29, 0.717) is 11.1 Å². The molecule has 0 bridgehead atoms. The second kappa shape index (κ2) is 5.92. The summed E-state index contributed by atoms with van der Waals surface area (Å²) in [7, 11) is 0. The molecule has 2 aromatic rings. The predicted molar refractivity (Wildman–Crippen MR) is 73.0 cm³/mol. The van der Waals surface area contributed by atoms with Crippen LogP contribution in [0.15, 0.2) is 36.4 Å². The number of hydrogen-bond acceptors (Lipinski definition) is 2. The van der Waals surface area contributed by atoms with E-state index in [0.717, 1.165) is 18.2 Å². The van der Waals surface area contributed by atoms with Crippen LogP contribution in [0, 0.1) is 17.5 Å². The summed E-state index contributed by atoms with van der Waals surface area (Å²) in [4.78, 5) is 0.0442. The Morgan fingerprint density at radius 2 is 1.80 bits per heavy atom. The summed E-state index contributed by atoms with van der Waals surface area (Å²) in [5, 5.41) is 0. The van der Waals surface area contributed by atoms with Gasteiger partial charge in [0.1, 0.15) is 23.2 Å². The van der Waals surface area contributed by atoms with Crippen LogP contribution in [-0.4, -0.2) is 4.99 Å². The van der Waals surface area contributed by atoms with E-state index in [2.05, 4.69) is 0 Å². The number of hydrogen-bond donors (Lipinski definition) is 1. The van der Waals surface area contributed by atoms with Crippen molar-refractivity contribution in [1.29, 1.82) is 0 Å². The number of rotatable bonds is 4. The van der Waals surface area contributed by atoms with Gasteiger partial charge < -0.3 is 10.5 Å². The highest BCUT2D eigenvalue weighted by atomic mass is 32.1. The summed E-state index contributed by atoms with van der Waals surface area (Å²) in [5.74, 6) is -2.10. The number of nitrogens with two attached hydrogens (primary N) is 1. The Morgan fingerprint density at radius 3 is 2.50 bits per heavy atom. The topological polar surface area (TPSA) is 35.2 Å². The summed E-state index contributed by atoms with van der Waals surface area (Å²) in [6.07, 6.45) is 0. The summed E-state index contributed by atoms with van der Waals surface area (Å²) < 4.78 is 44.8. The van der Waals surface area contributed by atoms with Gasteiger partial charge in [-0.1, -0.05) is 12.2 Å². The van der Waals surface area contributed by atoms with Crippen LogP contribution in [-0.2, 0) is 6.61 Å². The third kappa shape index (κ3) is 3.48. The third-order valence-corrected chi connectivity index (χ3v) is 2.77. The van der Waals surface area contributed by atoms with Crippen LogP contribution in [0.4, 0.5) is 13.2 Å². The molecule has 104 valence electrons. The van der Waals surface area contributed by atoms with Gasteiger partial charge in [-0.3, -0.25) is 0 Å². The quantitative estimate of drug-likeness (QED) is 0.879. The van der Waals surface area contributed by atoms with E-state index in [1.165, 1.54) is 18.2 Å². The average molecular weight is 297 g/mol. The first-order chi connectivity index (χ1) is 9.45. The van der Waals surface area contributed by atoms with Crippen molar-refractivity contribution in [2.45, 2.75) is 6.61 Å². The van der Waals surface area contributed by atoms with Gasteiger partial charge in [0.05, 0.1) is 0 Å². The molecule has 0 saturated heterocycles. The van der Waals surface area contributed by atoms with Gasteiger partial charge in [-0.05, 0) is 35.9 Å². The van der Waals surface area contributed by atoms with Crippen LogP contribution in [0.5, 0.6) is 5.75 Å². The summed E-state index contributed by atoms with van der Waals surface area (Å²) in [6.45, 7) is -0.131. The average Bonchev–Trinajstić information content (AvgIpc) is 2.39. The second-order valence-corrected chi connectivity index (χ2v) is 4.52. The summed E-state index contributed by atoms with van der Waals surface area (Å²) in [5.41, 5.74) is 6.18. The van der Waals surface area contributed by atoms with Crippen LogP contribution >= 0.6 is 12.2 Å². The highest BCUT2D eigenvalue weighted by Gasteiger charge is 2.07. The van der Waals surface area contributed by atoms with Crippen LogP contribution in [0.2, 0.25) is 0 Å². The Labute approximate surface area is 119 Å². The smallest absolute Gasteiger partial charge is 0.165 e. The second-order valence-electron chi connectivity index (χ2n) is 4.08. The number of ether oxygens (including phenoxy) is 1. The monoisotopic (exact) mass is 297 g/mol. The van der Waals surface area contributed by atoms with Gasteiger partial charge in [0.2, 0.25) is 0 Å². The molecule has 0 amide bonds. The third-order valence-electron chi connectivity index (χ3n) is 2.53. The standard InChI is InChI=1S/C14H10F3NOS/c15-10-1-2-12(17)13(6-10)19-7-8-3-9(14(18)20)5-11(16)4-8/h1-6H,7H2,(H2,18,20). The molecule has 2 nitrogen and oxygen atoms in total. The molecule has 0 unspecified atom stereocenters. The first kappa shape index (κ1) is 14.3. The minimum absolute atomic E-state index is 0.0442. The molecule has 0 radical (unpaired) electrons. The Bertz CT molecular complexity index is 661. The minimum Gasteiger partial charge on any atom is -0.486 e. The lowest BCUT2D eigenvalue weighted by atomic mass is 10.1. The summed E-state index contributed by atoms with van der Waals surface area (Å²) in [6, 6.07) is 6.78. The van der Waals surface area contributed by atoms with E-state index < -0.39 is 17.5 Å². The van der Waals surface area contributed by atoms with Gasteiger partial charge in [-0.15, -0.1) is 0 Å². The lowest BCUT2D eigenvalue weighted by Crippen LogP contribution is -2.10. The van der Waals surface area contributed by atoms with Gasteiger partial charge in [0.25, 0.3) is 0 Å².